The van der Waals surface area contributed by atoms with E-state index in [0.717, 1.165) is 19.1 Å². The van der Waals surface area contributed by atoms with Gasteiger partial charge in [0, 0.05) is 18.3 Å². The van der Waals surface area contributed by atoms with Crippen LogP contribution in [0.2, 0.25) is 0 Å². The Hall–Kier alpha value is -1.12. The van der Waals surface area contributed by atoms with Crippen LogP contribution in [0.4, 0.5) is 5.69 Å². The number of rotatable bonds is 6. The quantitative estimate of drug-likeness (QED) is 0.820. The standard InChI is InChI=1S/C13H20N2O4S2/c1-4-14-11-6-5-10(20(3,16)17)9-12(11)21(18,19)15-13(2)7-8-13/h5-6,9,14-15H,4,7-8H2,1-3H3. The normalized spacial score (nSPS) is 17.5. The molecule has 0 spiro atoms. The second kappa shape index (κ2) is 5.26. The van der Waals surface area contributed by atoms with Gasteiger partial charge in [-0.2, -0.15) is 0 Å². The Labute approximate surface area is 125 Å². The molecular formula is C13H20N2O4S2. The molecule has 0 radical (unpaired) electrons. The maximum atomic E-state index is 12.5. The summed E-state index contributed by atoms with van der Waals surface area (Å²) in [6.45, 7) is 4.21. The van der Waals surface area contributed by atoms with Gasteiger partial charge in [0.15, 0.2) is 9.84 Å². The summed E-state index contributed by atoms with van der Waals surface area (Å²) in [5, 5.41) is 2.95. The van der Waals surface area contributed by atoms with Crippen molar-refractivity contribution in [3.05, 3.63) is 18.2 Å². The van der Waals surface area contributed by atoms with Crippen molar-refractivity contribution in [1.29, 1.82) is 0 Å². The van der Waals surface area contributed by atoms with Crippen molar-refractivity contribution >= 4 is 25.5 Å². The molecule has 0 heterocycles. The maximum absolute atomic E-state index is 12.5. The van der Waals surface area contributed by atoms with E-state index in [4.69, 9.17) is 0 Å². The van der Waals surface area contributed by atoms with Crippen LogP contribution >= 0.6 is 0 Å². The first-order chi connectivity index (χ1) is 9.57. The molecule has 1 aliphatic rings. The largest absolute Gasteiger partial charge is 0.384 e. The van der Waals surface area contributed by atoms with Crippen molar-refractivity contribution in [2.45, 2.75) is 42.0 Å². The highest BCUT2D eigenvalue weighted by Crippen LogP contribution is 2.37. The summed E-state index contributed by atoms with van der Waals surface area (Å²) in [6.07, 6.45) is 2.63. The van der Waals surface area contributed by atoms with Crippen LogP contribution in [0.25, 0.3) is 0 Å². The van der Waals surface area contributed by atoms with Gasteiger partial charge in [-0.1, -0.05) is 0 Å². The summed E-state index contributed by atoms with van der Waals surface area (Å²) in [5.74, 6) is 0. The number of benzene rings is 1. The van der Waals surface area contributed by atoms with Crippen molar-refractivity contribution < 1.29 is 16.8 Å². The zero-order chi connectivity index (χ0) is 15.9. The van der Waals surface area contributed by atoms with Crippen LogP contribution in [0.1, 0.15) is 26.7 Å². The average molecular weight is 332 g/mol. The molecule has 1 aromatic carbocycles. The lowest BCUT2D eigenvalue weighted by molar-refractivity contribution is 0.558. The van der Waals surface area contributed by atoms with Crippen molar-refractivity contribution in [1.82, 2.24) is 4.72 Å². The Morgan fingerprint density at radius 3 is 2.29 bits per heavy atom. The lowest BCUT2D eigenvalue weighted by atomic mass is 10.3. The van der Waals surface area contributed by atoms with Gasteiger partial charge in [-0.3, -0.25) is 0 Å². The van der Waals surface area contributed by atoms with Crippen LogP contribution in [0.15, 0.2) is 28.0 Å². The highest BCUT2D eigenvalue weighted by atomic mass is 32.2. The first kappa shape index (κ1) is 16.3. The fraction of sp³-hybridized carbons (Fsp3) is 0.538. The van der Waals surface area contributed by atoms with Crippen LogP contribution < -0.4 is 10.0 Å². The lowest BCUT2D eigenvalue weighted by Crippen LogP contribution is -2.34. The lowest BCUT2D eigenvalue weighted by Gasteiger charge is -2.16. The number of sulfone groups is 1. The van der Waals surface area contributed by atoms with Gasteiger partial charge in [-0.15, -0.1) is 0 Å². The number of nitrogens with one attached hydrogen (secondary N) is 2. The molecule has 0 unspecified atom stereocenters. The molecule has 0 saturated heterocycles. The van der Waals surface area contributed by atoms with Gasteiger partial charge in [0.1, 0.15) is 4.90 Å². The molecule has 6 nitrogen and oxygen atoms in total. The van der Waals surface area contributed by atoms with Crippen molar-refractivity contribution in [2.75, 3.05) is 18.1 Å². The smallest absolute Gasteiger partial charge is 0.243 e. The molecule has 0 atom stereocenters. The predicted molar refractivity (Wildman–Crippen MR) is 81.7 cm³/mol. The van der Waals surface area contributed by atoms with E-state index in [-0.39, 0.29) is 9.79 Å². The molecule has 0 amide bonds. The molecule has 1 aliphatic carbocycles. The fourth-order valence-corrected chi connectivity index (χ4v) is 4.36. The van der Waals surface area contributed by atoms with E-state index in [2.05, 4.69) is 10.0 Å². The first-order valence-corrected chi connectivity index (χ1v) is 10.1. The molecule has 21 heavy (non-hydrogen) atoms. The van der Waals surface area contributed by atoms with Gasteiger partial charge < -0.3 is 5.32 Å². The summed E-state index contributed by atoms with van der Waals surface area (Å²) >= 11 is 0. The molecule has 8 heteroatoms. The van der Waals surface area contributed by atoms with E-state index in [0.29, 0.717) is 12.2 Å². The molecule has 1 fully saturated rings. The average Bonchev–Trinajstić information content (AvgIpc) is 3.05. The number of hydrogen-bond donors (Lipinski definition) is 2. The summed E-state index contributed by atoms with van der Waals surface area (Å²) in [5.41, 5.74) is -0.00898. The van der Waals surface area contributed by atoms with Crippen molar-refractivity contribution in [2.24, 2.45) is 0 Å². The van der Waals surface area contributed by atoms with Gasteiger partial charge in [0.05, 0.1) is 10.6 Å². The summed E-state index contributed by atoms with van der Waals surface area (Å²) in [6, 6.07) is 4.11. The fourth-order valence-electron chi connectivity index (χ4n) is 1.96. The van der Waals surface area contributed by atoms with Crippen molar-refractivity contribution in [3.8, 4) is 0 Å². The van der Waals surface area contributed by atoms with E-state index in [1.165, 1.54) is 18.2 Å². The van der Waals surface area contributed by atoms with Gasteiger partial charge in [-0.25, -0.2) is 21.6 Å². The SMILES string of the molecule is CCNc1ccc(S(C)(=O)=O)cc1S(=O)(=O)NC1(C)CC1. The van der Waals surface area contributed by atoms with Crippen LogP contribution in [-0.4, -0.2) is 35.2 Å². The molecule has 1 saturated carbocycles. The second-order valence-electron chi connectivity index (χ2n) is 5.63. The monoisotopic (exact) mass is 332 g/mol. The van der Waals surface area contributed by atoms with E-state index < -0.39 is 25.4 Å². The molecule has 118 valence electrons. The second-order valence-corrected chi connectivity index (χ2v) is 9.29. The van der Waals surface area contributed by atoms with E-state index in [1.807, 2.05) is 13.8 Å². The Morgan fingerprint density at radius 2 is 1.81 bits per heavy atom. The molecule has 0 bridgehead atoms. The summed E-state index contributed by atoms with van der Waals surface area (Å²) in [7, 11) is -7.23. The Kier molecular flexibility index (Phi) is 4.07. The highest BCUT2D eigenvalue weighted by molar-refractivity contribution is 7.91. The molecule has 0 aromatic heterocycles. The number of anilines is 1. The Morgan fingerprint density at radius 1 is 1.19 bits per heavy atom. The zero-order valence-electron chi connectivity index (χ0n) is 12.3. The van der Waals surface area contributed by atoms with E-state index in [9.17, 15) is 16.8 Å². The zero-order valence-corrected chi connectivity index (χ0v) is 13.9. The molecule has 2 N–H and O–H groups in total. The number of sulfonamides is 1. The van der Waals surface area contributed by atoms with Gasteiger partial charge in [-0.05, 0) is 44.9 Å². The Bertz CT molecular complexity index is 750. The molecular weight excluding hydrogens is 312 g/mol. The van der Waals surface area contributed by atoms with Crippen LogP contribution in [0, 0.1) is 0 Å². The number of hydrogen-bond acceptors (Lipinski definition) is 5. The first-order valence-electron chi connectivity index (χ1n) is 6.69. The van der Waals surface area contributed by atoms with Gasteiger partial charge in [0.2, 0.25) is 10.0 Å². The highest BCUT2D eigenvalue weighted by Gasteiger charge is 2.41. The molecule has 0 aliphatic heterocycles. The predicted octanol–water partition coefficient (Wildman–Crippen LogP) is 1.35. The van der Waals surface area contributed by atoms with Gasteiger partial charge >= 0.3 is 0 Å². The van der Waals surface area contributed by atoms with E-state index in [1.54, 1.807) is 0 Å². The van der Waals surface area contributed by atoms with Crippen LogP contribution in [0.3, 0.4) is 0 Å². The minimum absolute atomic E-state index is 0.00882. The van der Waals surface area contributed by atoms with Crippen molar-refractivity contribution in [3.63, 3.8) is 0 Å². The third-order valence-corrected chi connectivity index (χ3v) is 6.21. The van der Waals surface area contributed by atoms with Crippen LogP contribution in [0.5, 0.6) is 0 Å². The summed E-state index contributed by atoms with van der Waals surface area (Å²) in [4.78, 5) is -0.0362. The third kappa shape index (κ3) is 3.75. The Balaban J connectivity index is 2.52. The molecule has 2 rings (SSSR count). The van der Waals surface area contributed by atoms with Gasteiger partial charge in [0.25, 0.3) is 0 Å². The molecule has 1 aromatic rings. The van der Waals surface area contributed by atoms with Crippen LogP contribution in [-0.2, 0) is 19.9 Å². The minimum atomic E-state index is -3.77. The third-order valence-electron chi connectivity index (χ3n) is 3.42. The van der Waals surface area contributed by atoms with E-state index >= 15 is 0 Å². The maximum Gasteiger partial charge on any atom is 0.243 e. The topological polar surface area (TPSA) is 92.3 Å². The minimum Gasteiger partial charge on any atom is -0.384 e. The summed E-state index contributed by atoms with van der Waals surface area (Å²) < 4.78 is 51.0.